The van der Waals surface area contributed by atoms with Crippen molar-refractivity contribution in [3.8, 4) is 0 Å². The van der Waals surface area contributed by atoms with Crippen molar-refractivity contribution in [2.45, 2.75) is 58.9 Å². The summed E-state index contributed by atoms with van der Waals surface area (Å²) in [6.45, 7) is 8.05. The first kappa shape index (κ1) is 14.9. The average molecular weight is 286 g/mol. The summed E-state index contributed by atoms with van der Waals surface area (Å²) in [6.07, 6.45) is 8.27. The fourth-order valence-electron chi connectivity index (χ4n) is 4.38. The Hall–Kier alpha value is -1.02. The van der Waals surface area contributed by atoms with Gasteiger partial charge in [0.1, 0.15) is 0 Å². The van der Waals surface area contributed by atoms with Gasteiger partial charge in [-0.25, -0.2) is 0 Å². The normalized spacial score (nSPS) is 19.8. The van der Waals surface area contributed by atoms with Crippen molar-refractivity contribution in [3.05, 3.63) is 29.3 Å². The quantitative estimate of drug-likeness (QED) is 0.812. The van der Waals surface area contributed by atoms with Crippen molar-refractivity contribution in [2.24, 2.45) is 11.3 Å². The molecule has 2 heteroatoms. The van der Waals surface area contributed by atoms with E-state index in [1.54, 1.807) is 0 Å². The maximum atomic E-state index is 3.76. The minimum atomic E-state index is 0.576. The van der Waals surface area contributed by atoms with Crippen LogP contribution in [0.1, 0.15) is 57.1 Å². The molecule has 2 N–H and O–H groups in total. The molecular weight excluding hydrogens is 256 g/mol. The number of fused-ring (bicyclic) bond motifs is 1. The summed E-state index contributed by atoms with van der Waals surface area (Å²) >= 11 is 0. The van der Waals surface area contributed by atoms with Crippen molar-refractivity contribution in [2.75, 3.05) is 18.4 Å². The molecule has 1 aromatic rings. The van der Waals surface area contributed by atoms with Gasteiger partial charge in [-0.3, -0.25) is 0 Å². The molecule has 2 nitrogen and oxygen atoms in total. The molecule has 0 atom stereocenters. The molecule has 1 saturated carbocycles. The minimum Gasteiger partial charge on any atom is -0.384 e. The molecule has 0 aromatic heterocycles. The van der Waals surface area contributed by atoms with Crippen LogP contribution >= 0.6 is 0 Å². The second-order valence-corrected chi connectivity index (χ2v) is 7.58. The van der Waals surface area contributed by atoms with Crippen LogP contribution in [-0.2, 0) is 13.0 Å². The first-order valence-corrected chi connectivity index (χ1v) is 8.73. The van der Waals surface area contributed by atoms with E-state index in [-0.39, 0.29) is 0 Å². The van der Waals surface area contributed by atoms with Gasteiger partial charge in [-0.05, 0) is 54.2 Å². The topological polar surface area (TPSA) is 24.1 Å². The highest BCUT2D eigenvalue weighted by molar-refractivity contribution is 5.56. The number of hydrogen-bond donors (Lipinski definition) is 2. The van der Waals surface area contributed by atoms with E-state index in [0.717, 1.165) is 19.0 Å². The maximum absolute atomic E-state index is 3.76. The maximum Gasteiger partial charge on any atom is 0.0373 e. The molecule has 1 aliphatic carbocycles. The van der Waals surface area contributed by atoms with E-state index in [4.69, 9.17) is 0 Å². The molecule has 1 aromatic carbocycles. The lowest BCUT2D eigenvalue weighted by Gasteiger charge is -2.31. The third-order valence-electron chi connectivity index (χ3n) is 5.21. The third kappa shape index (κ3) is 3.60. The second-order valence-electron chi connectivity index (χ2n) is 7.58. The molecule has 0 amide bonds. The predicted octanol–water partition coefficient (Wildman–Crippen LogP) is 4.35. The lowest BCUT2D eigenvalue weighted by atomic mass is 9.78. The van der Waals surface area contributed by atoms with Crippen LogP contribution < -0.4 is 10.6 Å². The number of anilines is 1. The van der Waals surface area contributed by atoms with Gasteiger partial charge in [0, 0.05) is 25.3 Å². The molecule has 0 bridgehead atoms. The highest BCUT2D eigenvalue weighted by atomic mass is 14.9. The Balaban J connectivity index is 1.55. The fraction of sp³-hybridized carbons (Fsp3) is 0.684. The van der Waals surface area contributed by atoms with Crippen LogP contribution in [-0.4, -0.2) is 13.1 Å². The van der Waals surface area contributed by atoms with Gasteiger partial charge in [0.2, 0.25) is 0 Å². The van der Waals surface area contributed by atoms with E-state index in [1.165, 1.54) is 61.9 Å². The van der Waals surface area contributed by atoms with Crippen LogP contribution in [0.15, 0.2) is 18.2 Å². The van der Waals surface area contributed by atoms with Crippen molar-refractivity contribution in [1.29, 1.82) is 0 Å². The smallest absolute Gasteiger partial charge is 0.0373 e. The molecule has 1 heterocycles. The molecule has 3 rings (SSSR count). The lowest BCUT2D eigenvalue weighted by molar-refractivity contribution is 0.223. The van der Waals surface area contributed by atoms with Gasteiger partial charge in [-0.15, -0.1) is 0 Å². The zero-order valence-electron chi connectivity index (χ0n) is 13.7. The highest BCUT2D eigenvalue weighted by Crippen LogP contribution is 2.42. The van der Waals surface area contributed by atoms with Gasteiger partial charge in [-0.1, -0.05) is 38.8 Å². The van der Waals surface area contributed by atoms with Crippen molar-refractivity contribution < 1.29 is 0 Å². The first-order valence-electron chi connectivity index (χ1n) is 8.73. The summed E-state index contributed by atoms with van der Waals surface area (Å²) in [7, 11) is 0. The van der Waals surface area contributed by atoms with E-state index in [9.17, 15) is 0 Å². The highest BCUT2D eigenvalue weighted by Gasteiger charge is 2.33. The predicted molar refractivity (Wildman–Crippen MR) is 90.7 cm³/mol. The Labute approximate surface area is 129 Å². The summed E-state index contributed by atoms with van der Waals surface area (Å²) in [5.74, 6) is 0.816. The summed E-state index contributed by atoms with van der Waals surface area (Å²) in [5.41, 5.74) is 4.85. The Bertz CT molecular complexity index is 472. The van der Waals surface area contributed by atoms with Crippen LogP contribution in [0.3, 0.4) is 0 Å². The standard InChI is InChI=1S/C19H30N2/c1-15(2)12-19(8-3-4-9-19)14-20-13-16-5-6-18-17(11-16)7-10-21-18/h5-6,11,15,20-21H,3-4,7-10,12-14H2,1-2H3. The van der Waals surface area contributed by atoms with Gasteiger partial charge in [-0.2, -0.15) is 0 Å². The Morgan fingerprint density at radius 3 is 2.81 bits per heavy atom. The summed E-state index contributed by atoms with van der Waals surface area (Å²) in [4.78, 5) is 0. The zero-order valence-corrected chi connectivity index (χ0v) is 13.7. The summed E-state index contributed by atoms with van der Waals surface area (Å²) in [5, 5.41) is 7.20. The first-order chi connectivity index (χ1) is 10.2. The van der Waals surface area contributed by atoms with E-state index < -0.39 is 0 Å². The van der Waals surface area contributed by atoms with Crippen LogP contribution in [0.5, 0.6) is 0 Å². The number of benzene rings is 1. The molecule has 1 aliphatic heterocycles. The molecule has 0 spiro atoms. The van der Waals surface area contributed by atoms with Gasteiger partial charge in [0.15, 0.2) is 0 Å². The molecule has 2 aliphatic rings. The number of rotatable bonds is 6. The number of hydrogen-bond acceptors (Lipinski definition) is 2. The Kier molecular flexibility index (Phi) is 4.54. The van der Waals surface area contributed by atoms with E-state index in [0.29, 0.717) is 5.41 Å². The number of nitrogens with one attached hydrogen (secondary N) is 2. The van der Waals surface area contributed by atoms with Gasteiger partial charge >= 0.3 is 0 Å². The summed E-state index contributed by atoms with van der Waals surface area (Å²) in [6, 6.07) is 6.90. The van der Waals surface area contributed by atoms with Gasteiger partial charge < -0.3 is 10.6 Å². The zero-order chi connectivity index (χ0) is 14.7. The summed E-state index contributed by atoms with van der Waals surface area (Å²) < 4.78 is 0. The van der Waals surface area contributed by atoms with Gasteiger partial charge in [0.05, 0.1) is 0 Å². The molecule has 0 radical (unpaired) electrons. The van der Waals surface area contributed by atoms with Gasteiger partial charge in [0.25, 0.3) is 0 Å². The van der Waals surface area contributed by atoms with Crippen LogP contribution in [0.2, 0.25) is 0 Å². The molecular formula is C19H30N2. The van der Waals surface area contributed by atoms with Crippen molar-refractivity contribution in [1.82, 2.24) is 5.32 Å². The van der Waals surface area contributed by atoms with Crippen LogP contribution in [0, 0.1) is 11.3 Å². The van der Waals surface area contributed by atoms with E-state index in [2.05, 4.69) is 42.7 Å². The monoisotopic (exact) mass is 286 g/mol. The largest absolute Gasteiger partial charge is 0.384 e. The average Bonchev–Trinajstić information content (AvgIpc) is 3.07. The second kappa shape index (κ2) is 6.39. The van der Waals surface area contributed by atoms with Crippen LogP contribution in [0.4, 0.5) is 5.69 Å². The Morgan fingerprint density at radius 1 is 1.24 bits per heavy atom. The van der Waals surface area contributed by atoms with Crippen LogP contribution in [0.25, 0.3) is 0 Å². The third-order valence-corrected chi connectivity index (χ3v) is 5.21. The molecule has 21 heavy (non-hydrogen) atoms. The fourth-order valence-corrected chi connectivity index (χ4v) is 4.38. The SMILES string of the molecule is CC(C)CC1(CNCc2ccc3c(c2)CCN3)CCCC1. The van der Waals surface area contributed by atoms with E-state index in [1.807, 2.05) is 0 Å². The van der Waals surface area contributed by atoms with Crippen molar-refractivity contribution >= 4 is 5.69 Å². The molecule has 0 unspecified atom stereocenters. The molecule has 116 valence electrons. The minimum absolute atomic E-state index is 0.576. The van der Waals surface area contributed by atoms with E-state index >= 15 is 0 Å². The Morgan fingerprint density at radius 2 is 2.05 bits per heavy atom. The lowest BCUT2D eigenvalue weighted by Crippen LogP contribution is -2.33. The molecule has 0 saturated heterocycles. The molecule has 1 fully saturated rings. The van der Waals surface area contributed by atoms with Crippen molar-refractivity contribution in [3.63, 3.8) is 0 Å².